The third kappa shape index (κ3) is 5.14. The summed E-state index contributed by atoms with van der Waals surface area (Å²) in [5.41, 5.74) is 0.0145. The van der Waals surface area contributed by atoms with E-state index in [9.17, 15) is 9.59 Å². The molecule has 1 amide bonds. The highest BCUT2D eigenvalue weighted by Gasteiger charge is 2.24. The van der Waals surface area contributed by atoms with Gasteiger partial charge in [0.15, 0.2) is 0 Å². The Labute approximate surface area is 97.7 Å². The summed E-state index contributed by atoms with van der Waals surface area (Å²) in [5.74, 6) is -0.809. The molecule has 0 fully saturated rings. The molecule has 2 atom stereocenters. The van der Waals surface area contributed by atoms with E-state index in [2.05, 4.69) is 30.8 Å². The summed E-state index contributed by atoms with van der Waals surface area (Å²) in [5, 5.41) is 2.90. The summed E-state index contributed by atoms with van der Waals surface area (Å²) >= 11 is 0. The molecule has 16 heavy (non-hydrogen) atoms. The van der Waals surface area contributed by atoms with E-state index >= 15 is 0 Å². The molecule has 0 aliphatic carbocycles. The van der Waals surface area contributed by atoms with Crippen LogP contribution in [0.2, 0.25) is 0 Å². The third-order valence-corrected chi connectivity index (χ3v) is 2.81. The minimum atomic E-state index is -0.355. The molecule has 0 aromatic heterocycles. The maximum Gasteiger partial charge on any atom is 0.306 e. The molecule has 0 aliphatic rings. The molecule has 4 heteroatoms. The van der Waals surface area contributed by atoms with Crippen molar-refractivity contribution in [3.63, 3.8) is 0 Å². The van der Waals surface area contributed by atoms with Gasteiger partial charge in [-0.25, -0.2) is 0 Å². The molecule has 0 radical (unpaired) electrons. The van der Waals surface area contributed by atoms with Gasteiger partial charge in [0.25, 0.3) is 0 Å². The molecule has 0 heterocycles. The van der Waals surface area contributed by atoms with Gasteiger partial charge in [-0.2, -0.15) is 0 Å². The average Bonchev–Trinajstić information content (AvgIpc) is 2.15. The van der Waals surface area contributed by atoms with Crippen molar-refractivity contribution < 1.29 is 14.3 Å². The minimum Gasteiger partial charge on any atom is -0.469 e. The van der Waals surface area contributed by atoms with Crippen molar-refractivity contribution in [2.75, 3.05) is 7.11 Å². The lowest BCUT2D eigenvalue weighted by Gasteiger charge is -2.29. The quantitative estimate of drug-likeness (QED) is 0.747. The zero-order valence-corrected chi connectivity index (χ0v) is 11.1. The smallest absolute Gasteiger partial charge is 0.306 e. The first-order valence-corrected chi connectivity index (χ1v) is 5.55. The highest BCUT2D eigenvalue weighted by Crippen LogP contribution is 2.19. The zero-order chi connectivity index (χ0) is 12.9. The number of hydrogen-bond acceptors (Lipinski definition) is 3. The molecule has 1 N–H and O–H groups in total. The van der Waals surface area contributed by atoms with Gasteiger partial charge in [0.2, 0.25) is 5.91 Å². The van der Waals surface area contributed by atoms with Crippen LogP contribution < -0.4 is 5.32 Å². The molecule has 0 aromatic carbocycles. The van der Waals surface area contributed by atoms with Crippen molar-refractivity contribution in [2.24, 2.45) is 11.3 Å². The van der Waals surface area contributed by atoms with E-state index in [-0.39, 0.29) is 35.7 Å². The summed E-state index contributed by atoms with van der Waals surface area (Å²) in [6.45, 7) is 9.86. The van der Waals surface area contributed by atoms with Crippen LogP contribution in [0.1, 0.15) is 41.0 Å². The Bertz CT molecular complexity index is 255. The van der Waals surface area contributed by atoms with Gasteiger partial charge in [-0.15, -0.1) is 0 Å². The average molecular weight is 229 g/mol. The zero-order valence-electron chi connectivity index (χ0n) is 11.1. The number of hydrogen-bond donors (Lipinski definition) is 1. The Balaban J connectivity index is 4.21. The van der Waals surface area contributed by atoms with Crippen molar-refractivity contribution in [3.05, 3.63) is 0 Å². The van der Waals surface area contributed by atoms with Gasteiger partial charge < -0.3 is 10.1 Å². The Hall–Kier alpha value is -1.06. The number of carbonyl (C=O) groups excluding carboxylic acids is 2. The van der Waals surface area contributed by atoms with Crippen molar-refractivity contribution in [3.8, 4) is 0 Å². The maximum atomic E-state index is 11.7. The largest absolute Gasteiger partial charge is 0.469 e. The summed E-state index contributed by atoms with van der Waals surface area (Å²) in [4.78, 5) is 22.7. The summed E-state index contributed by atoms with van der Waals surface area (Å²) < 4.78 is 4.52. The number of carbonyl (C=O) groups is 2. The molecular weight excluding hydrogens is 206 g/mol. The normalized spacial score (nSPS) is 15.1. The van der Waals surface area contributed by atoms with Crippen LogP contribution in [-0.2, 0) is 14.3 Å². The Morgan fingerprint density at radius 3 is 2.12 bits per heavy atom. The Kier molecular flexibility index (Phi) is 5.48. The minimum absolute atomic E-state index is 0.0145. The second-order valence-electron chi connectivity index (χ2n) is 5.28. The predicted molar refractivity (Wildman–Crippen MR) is 62.9 cm³/mol. The summed E-state index contributed by atoms with van der Waals surface area (Å²) in [6, 6.07) is 0.0695. The van der Waals surface area contributed by atoms with Gasteiger partial charge in [-0.3, -0.25) is 9.59 Å². The Morgan fingerprint density at radius 2 is 1.75 bits per heavy atom. The molecule has 0 aromatic rings. The number of rotatable bonds is 4. The molecular formula is C12H23NO3. The molecule has 0 bridgehead atoms. The first kappa shape index (κ1) is 14.9. The van der Waals surface area contributed by atoms with E-state index < -0.39 is 0 Å². The highest BCUT2D eigenvalue weighted by atomic mass is 16.5. The number of amides is 1. The van der Waals surface area contributed by atoms with Crippen molar-refractivity contribution in [1.29, 1.82) is 0 Å². The molecule has 0 saturated heterocycles. The van der Waals surface area contributed by atoms with Crippen molar-refractivity contribution >= 4 is 11.9 Å². The topological polar surface area (TPSA) is 55.4 Å². The van der Waals surface area contributed by atoms with Crippen LogP contribution in [-0.4, -0.2) is 25.0 Å². The second-order valence-corrected chi connectivity index (χ2v) is 5.28. The Morgan fingerprint density at radius 1 is 1.25 bits per heavy atom. The van der Waals surface area contributed by atoms with E-state index in [1.54, 1.807) is 6.92 Å². The summed E-state index contributed by atoms with van der Waals surface area (Å²) in [6.07, 6.45) is 0.124. The van der Waals surface area contributed by atoms with Crippen LogP contribution in [0.4, 0.5) is 0 Å². The van der Waals surface area contributed by atoms with E-state index in [0.717, 1.165) is 0 Å². The van der Waals surface area contributed by atoms with Gasteiger partial charge in [-0.05, 0) is 12.3 Å². The lowest BCUT2D eigenvalue weighted by molar-refractivity contribution is -0.144. The fraction of sp³-hybridized carbons (Fsp3) is 0.833. The van der Waals surface area contributed by atoms with E-state index in [1.165, 1.54) is 7.11 Å². The van der Waals surface area contributed by atoms with Gasteiger partial charge >= 0.3 is 5.97 Å². The first-order chi connectivity index (χ1) is 7.18. The van der Waals surface area contributed by atoms with Crippen LogP contribution >= 0.6 is 0 Å². The van der Waals surface area contributed by atoms with Crippen molar-refractivity contribution in [2.45, 2.75) is 47.1 Å². The summed E-state index contributed by atoms with van der Waals surface area (Å²) in [7, 11) is 1.32. The van der Waals surface area contributed by atoms with Gasteiger partial charge in [0.05, 0.1) is 13.5 Å². The molecule has 0 unspecified atom stereocenters. The van der Waals surface area contributed by atoms with Crippen LogP contribution in [0, 0.1) is 11.3 Å². The molecule has 0 spiro atoms. The van der Waals surface area contributed by atoms with Gasteiger partial charge in [-0.1, -0.05) is 27.7 Å². The first-order valence-electron chi connectivity index (χ1n) is 5.55. The lowest BCUT2D eigenvalue weighted by Crippen LogP contribution is -2.44. The van der Waals surface area contributed by atoms with Crippen LogP contribution in [0.5, 0.6) is 0 Å². The molecule has 0 saturated carbocycles. The highest BCUT2D eigenvalue weighted by molar-refractivity contribution is 5.83. The maximum absolute atomic E-state index is 11.7. The molecule has 0 aliphatic heterocycles. The van der Waals surface area contributed by atoms with Gasteiger partial charge in [0, 0.05) is 12.0 Å². The monoisotopic (exact) mass is 229 g/mol. The predicted octanol–water partition coefficient (Wildman–Crippen LogP) is 1.74. The third-order valence-electron chi connectivity index (χ3n) is 2.81. The fourth-order valence-electron chi connectivity index (χ4n) is 0.998. The SMILES string of the molecule is COC(=O)C[C@H](C)C(=O)N[C@@H](C)C(C)(C)C. The van der Waals surface area contributed by atoms with Crippen LogP contribution in [0.25, 0.3) is 0 Å². The van der Waals surface area contributed by atoms with E-state index in [0.29, 0.717) is 0 Å². The van der Waals surface area contributed by atoms with Crippen LogP contribution in [0.15, 0.2) is 0 Å². The number of ether oxygens (including phenoxy) is 1. The van der Waals surface area contributed by atoms with Gasteiger partial charge in [0.1, 0.15) is 0 Å². The molecule has 4 nitrogen and oxygen atoms in total. The lowest BCUT2D eigenvalue weighted by atomic mass is 9.87. The fourth-order valence-corrected chi connectivity index (χ4v) is 0.998. The van der Waals surface area contributed by atoms with E-state index in [4.69, 9.17) is 0 Å². The number of esters is 1. The molecule has 0 rings (SSSR count). The van der Waals surface area contributed by atoms with Crippen LogP contribution in [0.3, 0.4) is 0 Å². The van der Waals surface area contributed by atoms with E-state index in [1.807, 2.05) is 6.92 Å². The standard InChI is InChI=1S/C12H23NO3/c1-8(7-10(14)16-6)11(15)13-9(2)12(3,4)5/h8-9H,7H2,1-6H3,(H,13,15)/t8-,9-/m0/s1. The van der Waals surface area contributed by atoms with Crippen molar-refractivity contribution in [1.82, 2.24) is 5.32 Å². The number of nitrogens with one attached hydrogen (secondary N) is 1. The number of methoxy groups -OCH3 is 1. The second kappa shape index (κ2) is 5.87. The molecule has 94 valence electrons.